The van der Waals surface area contributed by atoms with Crippen LogP contribution in [0.25, 0.3) is 0 Å². The van der Waals surface area contributed by atoms with Gasteiger partial charge in [0.25, 0.3) is 0 Å². The average Bonchev–Trinajstić information content (AvgIpc) is 1.59. The van der Waals surface area contributed by atoms with Crippen molar-refractivity contribution in [3.05, 3.63) is 11.8 Å². The molecule has 0 aliphatic carbocycles. The normalized spacial score (nSPS) is 13.4. The van der Waals surface area contributed by atoms with Crippen LogP contribution in [0.2, 0.25) is 0 Å². The van der Waals surface area contributed by atoms with Crippen molar-refractivity contribution in [1.29, 1.82) is 0 Å². The van der Waals surface area contributed by atoms with E-state index in [1.54, 1.807) is 20.8 Å². The fourth-order valence-corrected chi connectivity index (χ4v) is 1.51. The summed E-state index contributed by atoms with van der Waals surface area (Å²) in [4.78, 5) is 26.3. The Bertz CT molecular complexity index is 124. The van der Waals surface area contributed by atoms with Gasteiger partial charge in [0.2, 0.25) is 0 Å². The van der Waals surface area contributed by atoms with Crippen molar-refractivity contribution in [3.8, 4) is 0 Å². The lowest BCUT2D eigenvalue weighted by Crippen LogP contribution is -2.42. The molecule has 0 spiro atoms. The van der Waals surface area contributed by atoms with E-state index in [1.807, 2.05) is 0 Å². The van der Waals surface area contributed by atoms with Crippen molar-refractivity contribution in [1.82, 2.24) is 0 Å². The summed E-state index contributed by atoms with van der Waals surface area (Å²) < 4.78 is 0. The van der Waals surface area contributed by atoms with E-state index < -0.39 is 14.2 Å². The molecule has 10 heavy (non-hydrogen) atoms. The predicted octanol–water partition coefficient (Wildman–Crippen LogP) is 0.0437. The summed E-state index contributed by atoms with van der Waals surface area (Å²) in [6, 6.07) is 0. The molecule has 0 bridgehead atoms. The molecule has 60 valence electrons. The maximum absolute atomic E-state index is 8.77. The molecule has 0 aromatic carbocycles. The second-order valence-corrected chi connectivity index (χ2v) is 5.24. The minimum absolute atomic E-state index is 0.125. The molecule has 0 atom stereocenters. The summed E-state index contributed by atoms with van der Waals surface area (Å²) >= 11 is 0. The minimum atomic E-state index is -4.09. The summed E-state index contributed by atoms with van der Waals surface area (Å²) in [5, 5.41) is 0.125. The molecule has 0 aliphatic rings. The van der Waals surface area contributed by atoms with E-state index in [2.05, 4.69) is 6.58 Å². The third-order valence-electron chi connectivity index (χ3n) is 1.31. The lowest BCUT2D eigenvalue weighted by atomic mass is 9.97. The maximum Gasteiger partial charge on any atom is 0.524 e. The zero-order chi connectivity index (χ0) is 8.58. The zero-order valence-corrected chi connectivity index (χ0v) is 7.55. The summed E-state index contributed by atoms with van der Waals surface area (Å²) in [6.07, 6.45) is 0. The van der Waals surface area contributed by atoms with Gasteiger partial charge in [0.05, 0.1) is 0 Å². The van der Waals surface area contributed by atoms with Gasteiger partial charge in [-0.3, -0.25) is 0 Å². The molecule has 3 N–H and O–H groups in total. The fraction of sp³-hybridized carbons (Fsp3) is 0.667. The first kappa shape index (κ1) is 9.84. The molecule has 4 heteroatoms. The first-order valence-corrected chi connectivity index (χ1v) is 4.87. The molecule has 0 amide bonds. The summed E-state index contributed by atoms with van der Waals surface area (Å²) in [5.41, 5.74) is -0.440. The third kappa shape index (κ3) is 2.61. The highest BCUT2D eigenvalue weighted by Gasteiger charge is 2.38. The van der Waals surface area contributed by atoms with E-state index in [4.69, 9.17) is 14.4 Å². The van der Waals surface area contributed by atoms with Gasteiger partial charge in [0, 0.05) is 0 Å². The van der Waals surface area contributed by atoms with Gasteiger partial charge in [0.15, 0.2) is 0 Å². The van der Waals surface area contributed by atoms with Gasteiger partial charge in [-0.25, -0.2) is 0 Å². The molecule has 0 aromatic rings. The van der Waals surface area contributed by atoms with E-state index >= 15 is 0 Å². The molecule has 0 unspecified atom stereocenters. The SMILES string of the molecule is C=C(C(C)(C)C)[Si](O)(O)O. The van der Waals surface area contributed by atoms with Crippen LogP contribution in [0, 0.1) is 5.41 Å². The standard InChI is InChI=1S/C6H14O3Si/c1-5(6(2,3)4)10(7,8)9/h7-9H,1H2,2-4H3. The van der Waals surface area contributed by atoms with Crippen molar-refractivity contribution in [2.24, 2.45) is 5.41 Å². The summed E-state index contributed by atoms with van der Waals surface area (Å²) in [6.45, 7) is 8.70. The molecular formula is C6H14O3Si. The molecule has 0 aliphatic heterocycles. The van der Waals surface area contributed by atoms with E-state index in [-0.39, 0.29) is 5.20 Å². The van der Waals surface area contributed by atoms with Crippen LogP contribution < -0.4 is 0 Å². The fourth-order valence-electron chi connectivity index (χ4n) is 0.503. The second-order valence-electron chi connectivity index (χ2n) is 3.36. The molecule has 0 heterocycles. The van der Waals surface area contributed by atoms with Crippen LogP contribution in [0.15, 0.2) is 11.8 Å². The topological polar surface area (TPSA) is 60.7 Å². The Hall–Kier alpha value is -0.163. The van der Waals surface area contributed by atoms with Crippen molar-refractivity contribution in [3.63, 3.8) is 0 Å². The van der Waals surface area contributed by atoms with Crippen molar-refractivity contribution < 1.29 is 14.4 Å². The van der Waals surface area contributed by atoms with Crippen LogP contribution in [0.5, 0.6) is 0 Å². The molecule has 0 radical (unpaired) electrons. The van der Waals surface area contributed by atoms with Crippen LogP contribution in [-0.4, -0.2) is 23.2 Å². The van der Waals surface area contributed by atoms with E-state index in [0.29, 0.717) is 0 Å². The Balaban J connectivity index is 4.40. The predicted molar refractivity (Wildman–Crippen MR) is 41.0 cm³/mol. The molecular weight excluding hydrogens is 148 g/mol. The number of allylic oxidation sites excluding steroid dienone is 1. The van der Waals surface area contributed by atoms with Crippen LogP contribution >= 0.6 is 0 Å². The molecule has 0 aromatic heterocycles. The largest absolute Gasteiger partial charge is 0.524 e. The van der Waals surface area contributed by atoms with Crippen molar-refractivity contribution >= 4 is 8.80 Å². The lowest BCUT2D eigenvalue weighted by Gasteiger charge is -2.25. The maximum atomic E-state index is 8.77. The lowest BCUT2D eigenvalue weighted by molar-refractivity contribution is 0.230. The zero-order valence-electron chi connectivity index (χ0n) is 6.55. The van der Waals surface area contributed by atoms with E-state index in [9.17, 15) is 0 Å². The highest BCUT2D eigenvalue weighted by atomic mass is 28.4. The second kappa shape index (κ2) is 2.47. The van der Waals surface area contributed by atoms with Gasteiger partial charge in [-0.05, 0) is 10.6 Å². The van der Waals surface area contributed by atoms with E-state index in [1.165, 1.54) is 0 Å². The highest BCUT2D eigenvalue weighted by molar-refractivity contribution is 6.64. The van der Waals surface area contributed by atoms with Crippen LogP contribution in [-0.2, 0) is 0 Å². The average molecular weight is 162 g/mol. The third-order valence-corrected chi connectivity index (χ3v) is 2.87. The van der Waals surface area contributed by atoms with Gasteiger partial charge < -0.3 is 14.4 Å². The Morgan fingerprint density at radius 2 is 1.50 bits per heavy atom. The molecule has 3 nitrogen and oxygen atoms in total. The Kier molecular flexibility index (Phi) is 2.43. The molecule has 0 saturated heterocycles. The van der Waals surface area contributed by atoms with Gasteiger partial charge in [-0.1, -0.05) is 27.4 Å². The van der Waals surface area contributed by atoms with Crippen molar-refractivity contribution in [2.75, 3.05) is 0 Å². The molecule has 0 fully saturated rings. The highest BCUT2D eigenvalue weighted by Crippen LogP contribution is 2.27. The van der Waals surface area contributed by atoms with Crippen molar-refractivity contribution in [2.45, 2.75) is 20.8 Å². The summed E-state index contributed by atoms with van der Waals surface area (Å²) in [5.74, 6) is 0. The Morgan fingerprint density at radius 1 is 1.20 bits per heavy atom. The number of rotatable bonds is 1. The quantitative estimate of drug-likeness (QED) is 0.477. The van der Waals surface area contributed by atoms with Gasteiger partial charge in [-0.2, -0.15) is 0 Å². The minimum Gasteiger partial charge on any atom is -0.387 e. The Labute approximate surface area is 62.0 Å². The van der Waals surface area contributed by atoms with Gasteiger partial charge in [0.1, 0.15) is 0 Å². The van der Waals surface area contributed by atoms with Crippen LogP contribution in [0.4, 0.5) is 0 Å². The smallest absolute Gasteiger partial charge is 0.387 e. The first-order valence-electron chi connectivity index (χ1n) is 3.02. The number of hydrogen-bond acceptors (Lipinski definition) is 3. The van der Waals surface area contributed by atoms with Gasteiger partial charge >= 0.3 is 8.80 Å². The summed E-state index contributed by atoms with van der Waals surface area (Å²) in [7, 11) is -4.09. The first-order chi connectivity index (χ1) is 4.15. The number of hydrogen-bond donors (Lipinski definition) is 3. The molecule has 0 saturated carbocycles. The monoisotopic (exact) mass is 162 g/mol. The van der Waals surface area contributed by atoms with Crippen LogP contribution in [0.1, 0.15) is 20.8 Å². The Morgan fingerprint density at radius 3 is 1.50 bits per heavy atom. The van der Waals surface area contributed by atoms with Gasteiger partial charge in [-0.15, -0.1) is 0 Å². The van der Waals surface area contributed by atoms with E-state index in [0.717, 1.165) is 0 Å². The molecule has 0 rings (SSSR count). The van der Waals surface area contributed by atoms with Crippen LogP contribution in [0.3, 0.4) is 0 Å².